The van der Waals surface area contributed by atoms with Gasteiger partial charge in [0.25, 0.3) is 0 Å². The van der Waals surface area contributed by atoms with Crippen LogP contribution in [-0.2, 0) is 24.2 Å². The zero-order valence-corrected chi connectivity index (χ0v) is 20.1. The van der Waals surface area contributed by atoms with E-state index in [-0.39, 0.29) is 12.0 Å². The Labute approximate surface area is 197 Å². The number of hydrogen-bond acceptors (Lipinski definition) is 4. The van der Waals surface area contributed by atoms with Crippen molar-refractivity contribution >= 4 is 0 Å². The number of aryl methyl sites for hydroxylation is 1. The number of aliphatic hydroxyl groups is 2. The summed E-state index contributed by atoms with van der Waals surface area (Å²) in [6.45, 7) is 5.32. The van der Waals surface area contributed by atoms with Gasteiger partial charge in [-0.3, -0.25) is 0 Å². The lowest BCUT2D eigenvalue weighted by molar-refractivity contribution is -0.102. The maximum absolute atomic E-state index is 12.0. The van der Waals surface area contributed by atoms with E-state index in [0.717, 1.165) is 49.0 Å². The second-order valence-corrected chi connectivity index (χ2v) is 10.7. The first-order chi connectivity index (χ1) is 16.0. The van der Waals surface area contributed by atoms with E-state index in [1.807, 2.05) is 25.1 Å². The summed E-state index contributed by atoms with van der Waals surface area (Å²) >= 11 is 0. The SMILES string of the molecule is CCOCOc1ccc2c(c1)CC[C@@H]1[C@@H]2CC[C@@]2(C)[C@H]1CC[C@@]2(O)Cc1ccccc1CO. The van der Waals surface area contributed by atoms with E-state index in [4.69, 9.17) is 9.47 Å². The van der Waals surface area contributed by atoms with E-state index in [9.17, 15) is 10.2 Å². The van der Waals surface area contributed by atoms with Crippen LogP contribution in [0.15, 0.2) is 42.5 Å². The molecule has 0 aromatic heterocycles. The summed E-state index contributed by atoms with van der Waals surface area (Å²) in [7, 11) is 0. The van der Waals surface area contributed by atoms with Crippen LogP contribution in [0.4, 0.5) is 0 Å². The third-order valence-corrected chi connectivity index (χ3v) is 9.30. The van der Waals surface area contributed by atoms with E-state index in [1.54, 1.807) is 0 Å². The Morgan fingerprint density at radius 3 is 2.64 bits per heavy atom. The Balaban J connectivity index is 1.36. The summed E-state index contributed by atoms with van der Waals surface area (Å²) in [5.74, 6) is 2.66. The average molecular weight is 451 g/mol. The van der Waals surface area contributed by atoms with E-state index in [2.05, 4.69) is 31.2 Å². The van der Waals surface area contributed by atoms with E-state index >= 15 is 0 Å². The van der Waals surface area contributed by atoms with Crippen molar-refractivity contribution in [2.24, 2.45) is 17.3 Å². The molecule has 0 unspecified atom stereocenters. The van der Waals surface area contributed by atoms with Crippen LogP contribution in [0.2, 0.25) is 0 Å². The van der Waals surface area contributed by atoms with Crippen molar-refractivity contribution in [1.29, 1.82) is 0 Å². The topological polar surface area (TPSA) is 58.9 Å². The van der Waals surface area contributed by atoms with Gasteiger partial charge in [0.2, 0.25) is 0 Å². The fourth-order valence-electron chi connectivity index (χ4n) is 7.44. The first kappa shape index (κ1) is 22.9. The van der Waals surface area contributed by atoms with E-state index in [1.165, 1.54) is 17.5 Å². The van der Waals surface area contributed by atoms with Crippen molar-refractivity contribution in [3.05, 3.63) is 64.7 Å². The number of aliphatic hydroxyl groups excluding tert-OH is 1. The molecule has 5 rings (SSSR count). The highest BCUT2D eigenvalue weighted by atomic mass is 16.7. The van der Waals surface area contributed by atoms with Crippen molar-refractivity contribution in [2.75, 3.05) is 13.4 Å². The maximum atomic E-state index is 12.0. The summed E-state index contributed by atoms with van der Waals surface area (Å²) in [6.07, 6.45) is 7.06. The molecular weight excluding hydrogens is 412 g/mol. The monoisotopic (exact) mass is 450 g/mol. The van der Waals surface area contributed by atoms with Crippen molar-refractivity contribution in [1.82, 2.24) is 0 Å². The molecule has 3 aliphatic rings. The van der Waals surface area contributed by atoms with Crippen LogP contribution in [-0.4, -0.2) is 29.2 Å². The third-order valence-electron chi connectivity index (χ3n) is 9.30. The number of hydrogen-bond donors (Lipinski definition) is 2. The second kappa shape index (κ2) is 9.05. The molecule has 0 amide bonds. The number of benzene rings is 2. The summed E-state index contributed by atoms with van der Waals surface area (Å²) in [5, 5.41) is 21.8. The lowest BCUT2D eigenvalue weighted by Crippen LogP contribution is -2.52. The van der Waals surface area contributed by atoms with Crippen molar-refractivity contribution in [3.8, 4) is 5.75 Å². The lowest BCUT2D eigenvalue weighted by atomic mass is 9.52. The summed E-state index contributed by atoms with van der Waals surface area (Å²) in [6, 6.07) is 14.7. The van der Waals surface area contributed by atoms with Crippen LogP contribution in [0, 0.1) is 17.3 Å². The van der Waals surface area contributed by atoms with Gasteiger partial charge in [-0.1, -0.05) is 37.3 Å². The number of ether oxygens (including phenoxy) is 2. The van der Waals surface area contributed by atoms with Crippen molar-refractivity contribution in [2.45, 2.75) is 76.9 Å². The normalized spacial score (nSPS) is 32.7. The Bertz CT molecular complexity index is 987. The summed E-state index contributed by atoms with van der Waals surface area (Å²) in [5.41, 5.74) is 4.19. The van der Waals surface area contributed by atoms with Crippen LogP contribution < -0.4 is 4.74 Å². The fourth-order valence-corrected chi connectivity index (χ4v) is 7.44. The summed E-state index contributed by atoms with van der Waals surface area (Å²) in [4.78, 5) is 0. The minimum absolute atomic E-state index is 0.0319. The minimum atomic E-state index is -0.703. The lowest BCUT2D eigenvalue weighted by Gasteiger charge is -2.53. The molecular formula is C29H38O4. The minimum Gasteiger partial charge on any atom is -0.468 e. The molecule has 5 atom stereocenters. The fraction of sp³-hybridized carbons (Fsp3) is 0.586. The van der Waals surface area contributed by atoms with Gasteiger partial charge in [-0.05, 0) is 103 Å². The predicted octanol–water partition coefficient (Wildman–Crippen LogP) is 5.38. The highest BCUT2D eigenvalue weighted by Gasteiger charge is 2.61. The number of fused-ring (bicyclic) bond motifs is 5. The number of rotatable bonds is 7. The Hall–Kier alpha value is -1.88. The van der Waals surface area contributed by atoms with Crippen LogP contribution in [0.25, 0.3) is 0 Å². The van der Waals surface area contributed by atoms with E-state index < -0.39 is 5.60 Å². The molecule has 2 saturated carbocycles. The molecule has 0 spiro atoms. The highest BCUT2D eigenvalue weighted by Crippen LogP contribution is 2.65. The van der Waals surface area contributed by atoms with Gasteiger partial charge < -0.3 is 19.7 Å². The van der Waals surface area contributed by atoms with Gasteiger partial charge in [-0.25, -0.2) is 0 Å². The standard InChI is InChI=1S/C29H38O4/c1-3-32-19-33-23-9-11-24-20(16-23)8-10-26-25(24)12-14-28(2)27(26)13-15-29(28,31)17-21-6-4-5-7-22(21)18-30/h4-7,9,11,16,25-27,30-31H,3,8,10,12-15,17-19H2,1-2H3/t25-,26-,27+,28+,29-/m1/s1. The largest absolute Gasteiger partial charge is 0.468 e. The van der Waals surface area contributed by atoms with Crippen LogP contribution >= 0.6 is 0 Å². The maximum Gasteiger partial charge on any atom is 0.189 e. The van der Waals surface area contributed by atoms with Gasteiger partial charge in [0.15, 0.2) is 6.79 Å². The molecule has 0 saturated heterocycles. The van der Waals surface area contributed by atoms with E-state index in [0.29, 0.717) is 37.6 Å². The molecule has 0 heterocycles. The Morgan fingerprint density at radius 1 is 1.03 bits per heavy atom. The van der Waals surface area contributed by atoms with Crippen LogP contribution in [0.5, 0.6) is 5.75 Å². The molecule has 2 N–H and O–H groups in total. The zero-order chi connectivity index (χ0) is 23.1. The van der Waals surface area contributed by atoms with Crippen LogP contribution in [0.1, 0.15) is 74.1 Å². The highest BCUT2D eigenvalue weighted by molar-refractivity contribution is 5.41. The van der Waals surface area contributed by atoms with Crippen LogP contribution in [0.3, 0.4) is 0 Å². The molecule has 2 fully saturated rings. The van der Waals surface area contributed by atoms with Crippen molar-refractivity contribution < 1.29 is 19.7 Å². The molecule has 3 aliphatic carbocycles. The van der Waals surface area contributed by atoms with Gasteiger partial charge in [-0.15, -0.1) is 0 Å². The first-order valence-corrected chi connectivity index (χ1v) is 12.7. The molecule has 33 heavy (non-hydrogen) atoms. The van der Waals surface area contributed by atoms with Gasteiger partial charge >= 0.3 is 0 Å². The molecule has 0 aliphatic heterocycles. The van der Waals surface area contributed by atoms with Gasteiger partial charge in [0, 0.05) is 13.0 Å². The molecule has 4 nitrogen and oxygen atoms in total. The third kappa shape index (κ3) is 3.90. The van der Waals surface area contributed by atoms with Crippen molar-refractivity contribution in [3.63, 3.8) is 0 Å². The zero-order valence-electron chi connectivity index (χ0n) is 20.1. The smallest absolute Gasteiger partial charge is 0.189 e. The molecule has 178 valence electrons. The molecule has 2 aromatic carbocycles. The van der Waals surface area contributed by atoms with Gasteiger partial charge in [0.05, 0.1) is 12.2 Å². The predicted molar refractivity (Wildman–Crippen MR) is 129 cm³/mol. The Morgan fingerprint density at radius 2 is 1.85 bits per heavy atom. The Kier molecular flexibility index (Phi) is 6.28. The average Bonchev–Trinajstić information content (AvgIpc) is 3.09. The molecule has 0 radical (unpaired) electrons. The van der Waals surface area contributed by atoms with Gasteiger partial charge in [0.1, 0.15) is 5.75 Å². The van der Waals surface area contributed by atoms with Gasteiger partial charge in [-0.2, -0.15) is 0 Å². The second-order valence-electron chi connectivity index (χ2n) is 10.7. The first-order valence-electron chi connectivity index (χ1n) is 12.7. The quantitative estimate of drug-likeness (QED) is 0.439. The molecule has 2 aromatic rings. The molecule has 0 bridgehead atoms. The molecule has 4 heteroatoms. The summed E-state index contributed by atoms with van der Waals surface area (Å²) < 4.78 is 11.1.